The third kappa shape index (κ3) is 3.71. The van der Waals surface area contributed by atoms with E-state index >= 15 is 0 Å². The van der Waals surface area contributed by atoms with Crippen LogP contribution in [0, 0.1) is 0 Å². The molecule has 1 atom stereocenters. The molecule has 0 amide bonds. The molecule has 3 aromatic rings. The van der Waals surface area contributed by atoms with Crippen LogP contribution in [-0.2, 0) is 9.53 Å². The molecule has 1 aliphatic heterocycles. The predicted octanol–water partition coefficient (Wildman–Crippen LogP) is 5.14. The number of carbonyl (C=O) groups is 1. The first-order valence-electron chi connectivity index (χ1n) is 10.6. The smallest absolute Gasteiger partial charge is 0.305 e. The fourth-order valence-electron chi connectivity index (χ4n) is 4.30. The van der Waals surface area contributed by atoms with Gasteiger partial charge in [-0.1, -0.05) is 28.4 Å². The van der Waals surface area contributed by atoms with E-state index in [0.29, 0.717) is 12.3 Å². The van der Waals surface area contributed by atoms with Crippen molar-refractivity contribution < 1.29 is 9.53 Å². The number of carbonyl (C=O) groups excluding carboxylic acids is 1. The Balaban J connectivity index is 1.71. The highest BCUT2D eigenvalue weighted by Gasteiger charge is 2.32. The first-order chi connectivity index (χ1) is 15.2. The molecule has 5 rings (SSSR count). The number of fused-ring (bicyclic) bond motifs is 3. The number of hydrogen-bond acceptors (Lipinski definition) is 5. The van der Waals surface area contributed by atoms with E-state index in [2.05, 4.69) is 43.7 Å². The maximum Gasteiger partial charge on any atom is 0.305 e. The number of nitrogens with zero attached hydrogens (tertiary/aromatic N) is 4. The number of pyridine rings is 1. The average Bonchev–Trinajstić information content (AvgIpc) is 3.11. The van der Waals surface area contributed by atoms with Gasteiger partial charge < -0.3 is 4.74 Å². The van der Waals surface area contributed by atoms with Crippen molar-refractivity contribution in [2.45, 2.75) is 44.1 Å². The lowest BCUT2D eigenvalue weighted by Crippen LogP contribution is -2.16. The molecule has 1 aliphatic carbocycles. The minimum Gasteiger partial charge on any atom is -0.469 e. The Morgan fingerprint density at radius 2 is 2.10 bits per heavy atom. The van der Waals surface area contributed by atoms with Gasteiger partial charge in [0.2, 0.25) is 0 Å². The van der Waals surface area contributed by atoms with Crippen molar-refractivity contribution in [2.24, 2.45) is 4.99 Å². The van der Waals surface area contributed by atoms with Crippen LogP contribution >= 0.6 is 15.9 Å². The molecule has 0 bridgehead atoms. The lowest BCUT2D eigenvalue weighted by molar-refractivity contribution is -0.140. The van der Waals surface area contributed by atoms with Gasteiger partial charge in [0, 0.05) is 40.5 Å². The van der Waals surface area contributed by atoms with E-state index in [1.807, 2.05) is 24.4 Å². The van der Waals surface area contributed by atoms with Crippen molar-refractivity contribution in [3.05, 3.63) is 76.0 Å². The van der Waals surface area contributed by atoms with Gasteiger partial charge in [0.1, 0.15) is 11.9 Å². The number of aromatic nitrogens is 3. The molecule has 1 fully saturated rings. The number of imidazole rings is 1. The highest BCUT2D eigenvalue weighted by atomic mass is 79.9. The third-order valence-electron chi connectivity index (χ3n) is 6.13. The van der Waals surface area contributed by atoms with E-state index in [1.165, 1.54) is 32.1 Å². The van der Waals surface area contributed by atoms with E-state index in [-0.39, 0.29) is 18.4 Å². The number of methoxy groups -OCH3 is 1. The summed E-state index contributed by atoms with van der Waals surface area (Å²) in [7, 11) is 1.42. The van der Waals surface area contributed by atoms with E-state index in [4.69, 9.17) is 14.7 Å². The number of rotatable bonds is 5. The monoisotopic (exact) mass is 478 g/mol. The predicted molar refractivity (Wildman–Crippen MR) is 122 cm³/mol. The van der Waals surface area contributed by atoms with Gasteiger partial charge in [-0.3, -0.25) is 19.3 Å². The Morgan fingerprint density at radius 1 is 1.23 bits per heavy atom. The van der Waals surface area contributed by atoms with Gasteiger partial charge in [-0.2, -0.15) is 0 Å². The summed E-state index contributed by atoms with van der Waals surface area (Å²) in [5.41, 5.74) is 4.92. The van der Waals surface area contributed by atoms with Gasteiger partial charge in [0.05, 0.1) is 24.2 Å². The van der Waals surface area contributed by atoms with Crippen molar-refractivity contribution in [1.82, 2.24) is 14.5 Å². The van der Waals surface area contributed by atoms with Crippen LogP contribution in [0.4, 0.5) is 0 Å². The van der Waals surface area contributed by atoms with Crippen molar-refractivity contribution >= 4 is 27.6 Å². The summed E-state index contributed by atoms with van der Waals surface area (Å²) in [5, 5.41) is 0. The zero-order valence-corrected chi connectivity index (χ0v) is 18.9. The first-order valence-corrected chi connectivity index (χ1v) is 11.4. The Kier molecular flexibility index (Phi) is 5.44. The zero-order valence-electron chi connectivity index (χ0n) is 17.3. The summed E-state index contributed by atoms with van der Waals surface area (Å²) in [6.45, 7) is 0. The topological polar surface area (TPSA) is 69.4 Å². The molecule has 1 saturated carbocycles. The summed E-state index contributed by atoms with van der Waals surface area (Å²) < 4.78 is 8.14. The molecule has 2 aliphatic rings. The Hall–Kier alpha value is -2.80. The molecule has 31 heavy (non-hydrogen) atoms. The molecule has 0 radical (unpaired) electrons. The van der Waals surface area contributed by atoms with Crippen LogP contribution in [0.25, 0.3) is 5.69 Å². The molecule has 3 heterocycles. The highest BCUT2D eigenvalue weighted by Crippen LogP contribution is 2.41. The SMILES string of the molecule is COC(=O)CC[C@@H]1N=C(c2ccccn2)c2cc(Br)ccc2-n2c(C3CCC3)cnc21. The normalized spacial score (nSPS) is 17.7. The van der Waals surface area contributed by atoms with Crippen LogP contribution < -0.4 is 0 Å². The molecule has 2 aromatic heterocycles. The van der Waals surface area contributed by atoms with Crippen LogP contribution in [0.5, 0.6) is 0 Å². The molecule has 0 saturated heterocycles. The number of hydrogen-bond donors (Lipinski definition) is 0. The summed E-state index contributed by atoms with van der Waals surface area (Å²) in [6, 6.07) is 11.8. The number of halogens is 1. The Morgan fingerprint density at radius 3 is 2.81 bits per heavy atom. The molecule has 1 aromatic carbocycles. The molecule has 6 nitrogen and oxygen atoms in total. The maximum atomic E-state index is 11.9. The molecular formula is C24H23BrN4O2. The van der Waals surface area contributed by atoms with Gasteiger partial charge >= 0.3 is 5.97 Å². The second kappa shape index (κ2) is 8.38. The van der Waals surface area contributed by atoms with Gasteiger partial charge in [-0.15, -0.1) is 0 Å². The van der Waals surface area contributed by atoms with E-state index in [9.17, 15) is 4.79 Å². The average molecular weight is 479 g/mol. The van der Waals surface area contributed by atoms with Crippen molar-refractivity contribution in [1.29, 1.82) is 0 Å². The summed E-state index contributed by atoms with van der Waals surface area (Å²) in [5.74, 6) is 1.15. The van der Waals surface area contributed by atoms with Gasteiger partial charge in [0.15, 0.2) is 0 Å². The maximum absolute atomic E-state index is 11.9. The lowest BCUT2D eigenvalue weighted by Gasteiger charge is -2.27. The van der Waals surface area contributed by atoms with Crippen molar-refractivity contribution in [3.63, 3.8) is 0 Å². The molecular weight excluding hydrogens is 456 g/mol. The minimum atomic E-state index is -0.267. The molecule has 0 N–H and O–H groups in total. The number of benzene rings is 1. The lowest BCUT2D eigenvalue weighted by atomic mass is 9.83. The van der Waals surface area contributed by atoms with Gasteiger partial charge in [-0.25, -0.2) is 4.98 Å². The fraction of sp³-hybridized carbons (Fsp3) is 0.333. The van der Waals surface area contributed by atoms with Crippen LogP contribution in [0.2, 0.25) is 0 Å². The van der Waals surface area contributed by atoms with E-state index in [1.54, 1.807) is 6.20 Å². The largest absolute Gasteiger partial charge is 0.469 e. The van der Waals surface area contributed by atoms with Crippen LogP contribution in [0.15, 0.2) is 58.3 Å². The van der Waals surface area contributed by atoms with E-state index in [0.717, 1.165) is 33.0 Å². The molecule has 0 unspecified atom stereocenters. The molecule has 0 spiro atoms. The Labute approximate surface area is 189 Å². The van der Waals surface area contributed by atoms with Crippen molar-refractivity contribution in [3.8, 4) is 5.69 Å². The second-order valence-corrected chi connectivity index (χ2v) is 8.90. The Bertz CT molecular complexity index is 1150. The summed E-state index contributed by atoms with van der Waals surface area (Å²) >= 11 is 3.63. The quantitative estimate of drug-likeness (QED) is 0.475. The van der Waals surface area contributed by atoms with Gasteiger partial charge in [0.25, 0.3) is 0 Å². The third-order valence-corrected chi connectivity index (χ3v) is 6.63. The van der Waals surface area contributed by atoms with Crippen molar-refractivity contribution in [2.75, 3.05) is 7.11 Å². The number of aliphatic imine (C=N–C) groups is 1. The molecule has 7 heteroatoms. The van der Waals surface area contributed by atoms with Gasteiger partial charge in [-0.05, 0) is 49.6 Å². The summed E-state index contributed by atoms with van der Waals surface area (Å²) in [6.07, 6.45) is 8.19. The van der Waals surface area contributed by atoms with E-state index < -0.39 is 0 Å². The zero-order chi connectivity index (χ0) is 21.4. The minimum absolute atomic E-state index is 0.239. The van der Waals surface area contributed by atoms with Crippen LogP contribution in [-0.4, -0.2) is 33.3 Å². The number of ether oxygens (including phenoxy) is 1. The molecule has 158 valence electrons. The first kappa shape index (κ1) is 20.1. The van der Waals surface area contributed by atoms with Crippen LogP contribution in [0.1, 0.15) is 66.8 Å². The standard InChI is InChI=1S/C24H23BrN4O2/c1-31-22(30)11-9-19-24-27-14-21(15-5-4-6-15)29(24)20-10-8-16(25)13-17(20)23(28-19)18-7-2-3-12-26-18/h2-3,7-8,10,12-15,19H,4-6,9,11H2,1H3/t19-/m0/s1. The summed E-state index contributed by atoms with van der Waals surface area (Å²) in [4.78, 5) is 26.5. The fourth-order valence-corrected chi connectivity index (χ4v) is 4.66. The number of esters is 1. The van der Waals surface area contributed by atoms with Crippen LogP contribution in [0.3, 0.4) is 0 Å². The second-order valence-electron chi connectivity index (χ2n) is 7.99. The highest BCUT2D eigenvalue weighted by molar-refractivity contribution is 9.10.